The standard InChI is InChI=1S/C12H14BrNO6/c1-3-19-12(15)8-4-5-9(14(16)17)11(10(8)13)20-7-6-18-2/h4-5H,3,6-7H2,1-2H3. The maximum atomic E-state index is 11.7. The van der Waals surface area contributed by atoms with Crippen LogP contribution in [0.2, 0.25) is 0 Å². The number of halogens is 1. The summed E-state index contributed by atoms with van der Waals surface area (Å²) < 4.78 is 15.2. The van der Waals surface area contributed by atoms with E-state index in [0.717, 1.165) is 0 Å². The highest BCUT2D eigenvalue weighted by Crippen LogP contribution is 2.37. The van der Waals surface area contributed by atoms with Crippen LogP contribution in [0, 0.1) is 10.1 Å². The van der Waals surface area contributed by atoms with Gasteiger partial charge in [-0.2, -0.15) is 0 Å². The smallest absolute Gasteiger partial charge is 0.339 e. The van der Waals surface area contributed by atoms with Crippen LogP contribution in [0.4, 0.5) is 5.69 Å². The number of nitro benzene ring substituents is 1. The summed E-state index contributed by atoms with van der Waals surface area (Å²) in [4.78, 5) is 22.1. The number of rotatable bonds is 7. The Kier molecular flexibility index (Phi) is 6.40. The monoisotopic (exact) mass is 347 g/mol. The van der Waals surface area contributed by atoms with Crippen LogP contribution in [0.15, 0.2) is 16.6 Å². The lowest BCUT2D eigenvalue weighted by Gasteiger charge is -2.11. The van der Waals surface area contributed by atoms with E-state index in [4.69, 9.17) is 14.2 Å². The van der Waals surface area contributed by atoms with E-state index in [1.54, 1.807) is 6.92 Å². The van der Waals surface area contributed by atoms with Crippen molar-refractivity contribution in [1.82, 2.24) is 0 Å². The van der Waals surface area contributed by atoms with Gasteiger partial charge in [0.15, 0.2) is 0 Å². The van der Waals surface area contributed by atoms with Crippen molar-refractivity contribution in [2.45, 2.75) is 6.92 Å². The first-order valence-corrected chi connectivity index (χ1v) is 6.58. The van der Waals surface area contributed by atoms with Crippen LogP contribution in [-0.2, 0) is 9.47 Å². The van der Waals surface area contributed by atoms with Crippen LogP contribution in [0.1, 0.15) is 17.3 Å². The molecule has 8 heteroatoms. The van der Waals surface area contributed by atoms with Crippen LogP contribution in [0.3, 0.4) is 0 Å². The highest BCUT2D eigenvalue weighted by Gasteiger charge is 2.24. The average molecular weight is 348 g/mol. The summed E-state index contributed by atoms with van der Waals surface area (Å²) in [5.74, 6) is -0.594. The van der Waals surface area contributed by atoms with Crippen molar-refractivity contribution in [3.63, 3.8) is 0 Å². The van der Waals surface area contributed by atoms with Gasteiger partial charge in [0.1, 0.15) is 6.61 Å². The molecule has 0 radical (unpaired) electrons. The van der Waals surface area contributed by atoms with Crippen molar-refractivity contribution in [1.29, 1.82) is 0 Å². The van der Waals surface area contributed by atoms with Gasteiger partial charge in [-0.05, 0) is 28.9 Å². The van der Waals surface area contributed by atoms with Gasteiger partial charge in [0, 0.05) is 13.2 Å². The van der Waals surface area contributed by atoms with Gasteiger partial charge in [0.2, 0.25) is 5.75 Å². The van der Waals surface area contributed by atoms with E-state index in [2.05, 4.69) is 15.9 Å². The molecule has 0 fully saturated rings. The molecule has 0 aliphatic carbocycles. The Morgan fingerprint density at radius 2 is 2.10 bits per heavy atom. The maximum Gasteiger partial charge on any atom is 0.339 e. The van der Waals surface area contributed by atoms with E-state index in [1.807, 2.05) is 0 Å². The summed E-state index contributed by atoms with van der Waals surface area (Å²) in [5.41, 5.74) is -0.0640. The van der Waals surface area contributed by atoms with Gasteiger partial charge in [0.25, 0.3) is 0 Å². The number of carbonyl (C=O) groups excluding carboxylic acids is 1. The second-order valence-corrected chi connectivity index (χ2v) is 4.39. The number of ether oxygens (including phenoxy) is 3. The fourth-order valence-electron chi connectivity index (χ4n) is 1.42. The summed E-state index contributed by atoms with van der Waals surface area (Å²) in [7, 11) is 1.49. The van der Waals surface area contributed by atoms with Gasteiger partial charge in [-0.15, -0.1) is 0 Å². The van der Waals surface area contributed by atoms with Crippen molar-refractivity contribution in [3.05, 3.63) is 32.3 Å². The van der Waals surface area contributed by atoms with Crippen LogP contribution in [-0.4, -0.2) is 37.8 Å². The molecule has 0 aromatic heterocycles. The number of hydrogen-bond donors (Lipinski definition) is 0. The molecule has 0 atom stereocenters. The van der Waals surface area contributed by atoms with E-state index in [0.29, 0.717) is 0 Å². The molecular formula is C12H14BrNO6. The average Bonchev–Trinajstić information content (AvgIpc) is 2.40. The van der Waals surface area contributed by atoms with Crippen molar-refractivity contribution in [2.24, 2.45) is 0 Å². The number of methoxy groups -OCH3 is 1. The molecule has 20 heavy (non-hydrogen) atoms. The highest BCUT2D eigenvalue weighted by atomic mass is 79.9. The van der Waals surface area contributed by atoms with Crippen molar-refractivity contribution >= 4 is 27.6 Å². The Bertz CT molecular complexity index is 505. The first-order chi connectivity index (χ1) is 9.52. The first-order valence-electron chi connectivity index (χ1n) is 5.78. The normalized spacial score (nSPS) is 10.2. The zero-order valence-electron chi connectivity index (χ0n) is 11.1. The molecule has 110 valence electrons. The number of esters is 1. The fraction of sp³-hybridized carbons (Fsp3) is 0.417. The summed E-state index contributed by atoms with van der Waals surface area (Å²) in [5, 5.41) is 11.0. The Labute approximate surface area is 124 Å². The Balaban J connectivity index is 3.16. The quantitative estimate of drug-likeness (QED) is 0.326. The minimum Gasteiger partial charge on any atom is -0.484 e. The molecule has 0 aliphatic rings. The largest absolute Gasteiger partial charge is 0.484 e. The lowest BCUT2D eigenvalue weighted by Crippen LogP contribution is -2.10. The van der Waals surface area contributed by atoms with Crippen LogP contribution >= 0.6 is 15.9 Å². The zero-order chi connectivity index (χ0) is 15.1. The minimum atomic E-state index is -0.582. The number of benzene rings is 1. The molecule has 0 spiro atoms. The van der Waals surface area contributed by atoms with Gasteiger partial charge < -0.3 is 14.2 Å². The summed E-state index contributed by atoms with van der Waals surface area (Å²) >= 11 is 3.15. The molecule has 1 aromatic carbocycles. The zero-order valence-corrected chi connectivity index (χ0v) is 12.6. The third kappa shape index (κ3) is 3.91. The molecule has 0 bridgehead atoms. The topological polar surface area (TPSA) is 87.9 Å². The third-order valence-corrected chi connectivity index (χ3v) is 3.09. The minimum absolute atomic E-state index is 0.0161. The van der Waals surface area contributed by atoms with Gasteiger partial charge in [-0.3, -0.25) is 10.1 Å². The molecular weight excluding hydrogens is 334 g/mol. The van der Waals surface area contributed by atoms with Gasteiger partial charge in [-0.1, -0.05) is 0 Å². The Morgan fingerprint density at radius 1 is 1.40 bits per heavy atom. The predicted octanol–water partition coefficient (Wildman–Crippen LogP) is 2.56. The molecule has 7 nitrogen and oxygen atoms in total. The second kappa shape index (κ2) is 7.81. The Morgan fingerprint density at radius 3 is 2.65 bits per heavy atom. The number of nitro groups is 1. The molecule has 1 rings (SSSR count). The molecule has 0 heterocycles. The molecule has 0 aliphatic heterocycles. The predicted molar refractivity (Wildman–Crippen MR) is 74.1 cm³/mol. The van der Waals surface area contributed by atoms with E-state index in [-0.39, 0.29) is 41.3 Å². The first kappa shape index (κ1) is 16.4. The second-order valence-electron chi connectivity index (χ2n) is 3.59. The number of carbonyl (C=O) groups is 1. The van der Waals surface area contributed by atoms with Crippen molar-refractivity contribution < 1.29 is 23.9 Å². The molecule has 0 unspecified atom stereocenters. The lowest BCUT2D eigenvalue weighted by atomic mass is 10.2. The molecule has 0 saturated heterocycles. The summed E-state index contributed by atoms with van der Waals surface area (Å²) in [6.07, 6.45) is 0. The molecule has 0 amide bonds. The van der Waals surface area contributed by atoms with Gasteiger partial charge in [-0.25, -0.2) is 4.79 Å². The van der Waals surface area contributed by atoms with E-state index >= 15 is 0 Å². The van der Waals surface area contributed by atoms with E-state index < -0.39 is 10.9 Å². The summed E-state index contributed by atoms with van der Waals surface area (Å²) in [6, 6.07) is 2.53. The third-order valence-electron chi connectivity index (χ3n) is 2.30. The van der Waals surface area contributed by atoms with Crippen molar-refractivity contribution in [2.75, 3.05) is 26.9 Å². The van der Waals surface area contributed by atoms with Crippen LogP contribution < -0.4 is 4.74 Å². The van der Waals surface area contributed by atoms with Crippen molar-refractivity contribution in [3.8, 4) is 5.75 Å². The van der Waals surface area contributed by atoms with E-state index in [9.17, 15) is 14.9 Å². The SMILES string of the molecule is CCOC(=O)c1ccc([N+](=O)[O-])c(OCCOC)c1Br. The number of nitrogens with zero attached hydrogens (tertiary/aromatic N) is 1. The van der Waals surface area contributed by atoms with Crippen LogP contribution in [0.5, 0.6) is 5.75 Å². The van der Waals surface area contributed by atoms with Crippen LogP contribution in [0.25, 0.3) is 0 Å². The highest BCUT2D eigenvalue weighted by molar-refractivity contribution is 9.10. The maximum absolute atomic E-state index is 11.7. The molecule has 0 saturated carbocycles. The molecule has 0 N–H and O–H groups in total. The summed E-state index contributed by atoms with van der Waals surface area (Å²) in [6.45, 7) is 2.28. The Hall–Kier alpha value is -1.67. The lowest BCUT2D eigenvalue weighted by molar-refractivity contribution is -0.386. The van der Waals surface area contributed by atoms with Gasteiger partial charge >= 0.3 is 11.7 Å². The van der Waals surface area contributed by atoms with Gasteiger partial charge in [0.05, 0.1) is 28.2 Å². The molecule has 1 aromatic rings. The fourth-order valence-corrected chi connectivity index (χ4v) is 2.03. The van der Waals surface area contributed by atoms with E-state index in [1.165, 1.54) is 19.2 Å². The number of hydrogen-bond acceptors (Lipinski definition) is 6.